The first-order chi connectivity index (χ1) is 29.2. The summed E-state index contributed by atoms with van der Waals surface area (Å²) in [6.07, 6.45) is 0. The Balaban J connectivity index is 1.05. The van der Waals surface area contributed by atoms with Crippen LogP contribution in [0.1, 0.15) is 27.8 Å². The van der Waals surface area contributed by atoms with Gasteiger partial charge in [-0.05, 0) is 130 Å². The molecule has 3 heteroatoms. The Morgan fingerprint density at radius 2 is 0.814 bits per heavy atom. The van der Waals surface area contributed by atoms with Crippen molar-refractivity contribution in [3.8, 4) is 22.3 Å². The van der Waals surface area contributed by atoms with Gasteiger partial charge in [-0.2, -0.15) is 0 Å². The van der Waals surface area contributed by atoms with Gasteiger partial charge in [0.25, 0.3) is 0 Å². The molecule has 0 saturated heterocycles. The van der Waals surface area contributed by atoms with Crippen LogP contribution in [0.5, 0.6) is 0 Å². The third kappa shape index (κ3) is 4.98. The zero-order valence-corrected chi connectivity index (χ0v) is 33.3. The van der Waals surface area contributed by atoms with E-state index in [0.717, 1.165) is 34.1 Å². The lowest BCUT2D eigenvalue weighted by atomic mass is 9.70. The van der Waals surface area contributed by atoms with Crippen molar-refractivity contribution in [2.75, 3.05) is 9.80 Å². The maximum absolute atomic E-state index is 2.43. The van der Waals surface area contributed by atoms with Crippen LogP contribution in [0.2, 0.25) is 0 Å². The summed E-state index contributed by atoms with van der Waals surface area (Å²) in [4.78, 5) is 4.84. The van der Waals surface area contributed by atoms with Crippen molar-refractivity contribution in [1.82, 2.24) is 0 Å². The summed E-state index contributed by atoms with van der Waals surface area (Å²) in [7, 11) is 0. The molecule has 0 atom stereocenters. The summed E-state index contributed by atoms with van der Waals surface area (Å²) in [5, 5.41) is 2.58. The lowest BCUT2D eigenvalue weighted by Crippen LogP contribution is -2.25. The molecule has 12 rings (SSSR count). The maximum Gasteiger partial charge on any atom is 0.0725 e. The highest BCUT2D eigenvalue weighted by Crippen LogP contribution is 2.63. The lowest BCUT2D eigenvalue weighted by molar-refractivity contribution is 0.794. The van der Waals surface area contributed by atoms with Gasteiger partial charge in [-0.1, -0.05) is 140 Å². The van der Waals surface area contributed by atoms with Crippen LogP contribution in [-0.2, 0) is 5.41 Å². The van der Waals surface area contributed by atoms with Crippen LogP contribution in [0.25, 0.3) is 42.4 Å². The van der Waals surface area contributed by atoms with Gasteiger partial charge in [0.2, 0.25) is 0 Å². The van der Waals surface area contributed by atoms with Crippen molar-refractivity contribution < 1.29 is 0 Å². The molecule has 0 N–H and O–H groups in total. The van der Waals surface area contributed by atoms with E-state index in [-0.39, 0.29) is 5.41 Å². The molecule has 0 fully saturated rings. The van der Waals surface area contributed by atoms with E-state index in [1.165, 1.54) is 70.2 Å². The second kappa shape index (κ2) is 13.2. The average molecular weight is 771 g/mol. The second-order valence-corrected chi connectivity index (χ2v) is 16.8. The van der Waals surface area contributed by atoms with Crippen LogP contribution in [0.3, 0.4) is 0 Å². The lowest BCUT2D eigenvalue weighted by Gasteiger charge is -2.32. The average Bonchev–Trinajstić information content (AvgIpc) is 3.92. The Hall–Kier alpha value is -7.20. The Morgan fingerprint density at radius 3 is 1.49 bits per heavy atom. The number of para-hydroxylation sites is 2. The number of hydrogen-bond donors (Lipinski definition) is 0. The monoisotopic (exact) mass is 770 g/mol. The van der Waals surface area contributed by atoms with E-state index in [0.29, 0.717) is 0 Å². The van der Waals surface area contributed by atoms with Crippen molar-refractivity contribution >= 4 is 65.6 Å². The number of fused-ring (bicyclic) bond motifs is 13. The number of rotatable bonds is 6. The second-order valence-electron chi connectivity index (χ2n) is 15.7. The van der Waals surface area contributed by atoms with Crippen molar-refractivity contribution in [3.63, 3.8) is 0 Å². The number of thiophene rings is 1. The van der Waals surface area contributed by atoms with Gasteiger partial charge in [-0.25, -0.2) is 0 Å². The standard InChI is InChI=1S/C56H38N2S/c1-37-28-29-42(36-53(37)58(39-18-6-3-7-19-39)41-31-33-55-48(35-41)46-23-11-15-27-54(46)59-55)57(38-16-4-2-5-17-38)40-30-32-52-47(34-40)45-22-10-14-26-51(45)56(52)49-24-12-8-20-43(49)44-21-9-13-25-50(44)56/h2-36H,1H3. The van der Waals surface area contributed by atoms with E-state index >= 15 is 0 Å². The molecule has 9 aromatic carbocycles. The van der Waals surface area contributed by atoms with Gasteiger partial charge in [0.1, 0.15) is 0 Å². The molecule has 1 spiro atoms. The summed E-state index contributed by atoms with van der Waals surface area (Å²) in [5.41, 5.74) is 18.2. The van der Waals surface area contributed by atoms with Gasteiger partial charge in [0.05, 0.1) is 11.1 Å². The smallest absolute Gasteiger partial charge is 0.0725 e. The van der Waals surface area contributed by atoms with Gasteiger partial charge < -0.3 is 9.80 Å². The Labute approximate surface area is 348 Å². The number of benzene rings is 9. The molecule has 0 aliphatic heterocycles. The van der Waals surface area contributed by atoms with E-state index in [1.807, 2.05) is 11.3 Å². The Kier molecular flexibility index (Phi) is 7.57. The summed E-state index contributed by atoms with van der Waals surface area (Å²) in [5.74, 6) is 0. The largest absolute Gasteiger partial charge is 0.310 e. The Morgan fingerprint density at radius 1 is 0.339 bits per heavy atom. The molecule has 0 bridgehead atoms. The van der Waals surface area contributed by atoms with E-state index in [4.69, 9.17) is 0 Å². The fraction of sp³-hybridized carbons (Fsp3) is 0.0357. The quantitative estimate of drug-likeness (QED) is 0.166. The number of aryl methyl sites for hydroxylation is 1. The van der Waals surface area contributed by atoms with Crippen molar-refractivity contribution in [2.45, 2.75) is 12.3 Å². The molecular weight excluding hydrogens is 733 g/mol. The first-order valence-electron chi connectivity index (χ1n) is 20.3. The highest BCUT2D eigenvalue weighted by atomic mass is 32.1. The first kappa shape index (κ1) is 33.9. The molecule has 1 heterocycles. The van der Waals surface area contributed by atoms with Crippen molar-refractivity contribution in [1.29, 1.82) is 0 Å². The molecule has 0 saturated carbocycles. The highest BCUT2D eigenvalue weighted by Gasteiger charge is 2.51. The van der Waals surface area contributed by atoms with E-state index in [1.54, 1.807) is 0 Å². The van der Waals surface area contributed by atoms with E-state index in [2.05, 4.69) is 229 Å². The first-order valence-corrected chi connectivity index (χ1v) is 21.2. The summed E-state index contributed by atoms with van der Waals surface area (Å²) < 4.78 is 2.61. The van der Waals surface area contributed by atoms with Crippen LogP contribution in [0, 0.1) is 6.92 Å². The van der Waals surface area contributed by atoms with Gasteiger partial charge in [0, 0.05) is 48.6 Å². The van der Waals surface area contributed by atoms with Crippen LogP contribution in [0.4, 0.5) is 34.1 Å². The Bertz CT molecular complexity index is 3210. The molecule has 0 radical (unpaired) electrons. The third-order valence-corrected chi connectivity index (χ3v) is 13.7. The highest BCUT2D eigenvalue weighted by molar-refractivity contribution is 7.25. The molecule has 2 aliphatic rings. The van der Waals surface area contributed by atoms with Crippen molar-refractivity contribution in [3.05, 3.63) is 240 Å². The minimum atomic E-state index is -0.378. The topological polar surface area (TPSA) is 6.48 Å². The summed E-state index contributed by atoms with van der Waals surface area (Å²) in [6, 6.07) is 78.5. The zero-order valence-electron chi connectivity index (χ0n) is 32.5. The molecule has 0 unspecified atom stereocenters. The summed E-state index contributed by atoms with van der Waals surface area (Å²) in [6.45, 7) is 2.23. The molecule has 59 heavy (non-hydrogen) atoms. The molecular formula is C56H38N2S. The van der Waals surface area contributed by atoms with Crippen LogP contribution < -0.4 is 9.80 Å². The minimum absolute atomic E-state index is 0.378. The van der Waals surface area contributed by atoms with E-state index < -0.39 is 0 Å². The molecule has 0 amide bonds. The zero-order chi connectivity index (χ0) is 39.1. The molecule has 1 aromatic heterocycles. The fourth-order valence-corrected chi connectivity index (χ4v) is 11.2. The van der Waals surface area contributed by atoms with Crippen LogP contribution in [0.15, 0.2) is 212 Å². The predicted octanol–water partition coefficient (Wildman–Crippen LogP) is 15.6. The van der Waals surface area contributed by atoms with Crippen molar-refractivity contribution in [2.24, 2.45) is 0 Å². The van der Waals surface area contributed by atoms with Crippen LogP contribution >= 0.6 is 11.3 Å². The minimum Gasteiger partial charge on any atom is -0.310 e. The molecule has 10 aromatic rings. The number of nitrogens with zero attached hydrogens (tertiary/aromatic N) is 2. The SMILES string of the molecule is Cc1ccc(N(c2ccccc2)c2ccc3c(c2)-c2ccccc2C32c3ccccc3-c3ccccc32)cc1N(c1ccccc1)c1ccc2sc3ccccc3c2c1. The predicted molar refractivity (Wildman–Crippen MR) is 250 cm³/mol. The van der Waals surface area contributed by atoms with Crippen LogP contribution in [-0.4, -0.2) is 0 Å². The molecule has 2 aliphatic carbocycles. The van der Waals surface area contributed by atoms with Gasteiger partial charge >= 0.3 is 0 Å². The number of anilines is 6. The third-order valence-electron chi connectivity index (χ3n) is 12.6. The van der Waals surface area contributed by atoms with Gasteiger partial charge in [-0.3, -0.25) is 0 Å². The van der Waals surface area contributed by atoms with E-state index in [9.17, 15) is 0 Å². The normalized spacial score (nSPS) is 13.0. The maximum atomic E-state index is 2.43. The fourth-order valence-electron chi connectivity index (χ4n) is 10.1. The number of hydrogen-bond acceptors (Lipinski definition) is 3. The molecule has 2 nitrogen and oxygen atoms in total. The molecule has 278 valence electrons. The van der Waals surface area contributed by atoms with Gasteiger partial charge in [0.15, 0.2) is 0 Å². The summed E-state index contributed by atoms with van der Waals surface area (Å²) >= 11 is 1.86. The van der Waals surface area contributed by atoms with Gasteiger partial charge in [-0.15, -0.1) is 11.3 Å².